The van der Waals surface area contributed by atoms with Gasteiger partial charge in [0.15, 0.2) is 9.84 Å². The van der Waals surface area contributed by atoms with Crippen molar-refractivity contribution in [3.63, 3.8) is 0 Å². The van der Waals surface area contributed by atoms with Crippen molar-refractivity contribution >= 4 is 27.3 Å². The average Bonchev–Trinajstić information content (AvgIpc) is 3.07. The van der Waals surface area contributed by atoms with Crippen LogP contribution in [0, 0.1) is 12.8 Å². The highest BCUT2D eigenvalue weighted by Gasteiger charge is 2.35. The Labute approximate surface area is 173 Å². The summed E-state index contributed by atoms with van der Waals surface area (Å²) < 4.78 is 23.4. The van der Waals surface area contributed by atoms with E-state index in [2.05, 4.69) is 15.5 Å². The molecule has 0 bridgehead atoms. The molecule has 7 nitrogen and oxygen atoms in total. The van der Waals surface area contributed by atoms with Crippen LogP contribution in [-0.4, -0.2) is 62.3 Å². The topological polar surface area (TPSA) is 95.6 Å². The lowest BCUT2D eigenvalue weighted by molar-refractivity contribution is -0.121. The molecular weight excluding hydrogens is 390 g/mol. The van der Waals surface area contributed by atoms with Gasteiger partial charge in [-0.25, -0.2) is 8.42 Å². The molecule has 1 atom stereocenters. The van der Waals surface area contributed by atoms with Crippen LogP contribution in [-0.2, 0) is 14.6 Å². The lowest BCUT2D eigenvalue weighted by Gasteiger charge is -2.35. The van der Waals surface area contributed by atoms with Crippen LogP contribution in [0.1, 0.15) is 48.5 Å². The lowest BCUT2D eigenvalue weighted by Crippen LogP contribution is -2.44. The molecule has 2 heterocycles. The maximum atomic E-state index is 12.8. The number of rotatable bonds is 6. The summed E-state index contributed by atoms with van der Waals surface area (Å²) >= 11 is 0. The summed E-state index contributed by atoms with van der Waals surface area (Å²) in [5.74, 6) is 0.261. The smallest absolute Gasteiger partial charge is 0.251 e. The quantitative estimate of drug-likeness (QED) is 0.732. The van der Waals surface area contributed by atoms with E-state index in [9.17, 15) is 18.0 Å². The van der Waals surface area contributed by atoms with E-state index < -0.39 is 9.84 Å². The van der Waals surface area contributed by atoms with Crippen LogP contribution < -0.4 is 10.6 Å². The number of nitrogens with zero attached hydrogens (tertiary/aromatic N) is 1. The van der Waals surface area contributed by atoms with E-state index in [0.29, 0.717) is 24.2 Å². The Balaban J connectivity index is 1.56. The molecule has 0 saturated carbocycles. The first-order valence-corrected chi connectivity index (χ1v) is 12.3. The van der Waals surface area contributed by atoms with Crippen LogP contribution in [0.25, 0.3) is 0 Å². The van der Waals surface area contributed by atoms with Crippen LogP contribution in [0.4, 0.5) is 5.69 Å². The molecule has 8 heteroatoms. The number of sulfone groups is 1. The van der Waals surface area contributed by atoms with Gasteiger partial charge in [0.1, 0.15) is 0 Å². The van der Waals surface area contributed by atoms with Gasteiger partial charge in [0.2, 0.25) is 5.91 Å². The number of amides is 2. The summed E-state index contributed by atoms with van der Waals surface area (Å²) in [5, 5.41) is 5.84. The van der Waals surface area contributed by atoms with Gasteiger partial charge < -0.3 is 10.6 Å². The predicted molar refractivity (Wildman–Crippen MR) is 114 cm³/mol. The van der Waals surface area contributed by atoms with Crippen molar-refractivity contribution in [3.8, 4) is 0 Å². The lowest BCUT2D eigenvalue weighted by atomic mass is 9.94. The summed E-state index contributed by atoms with van der Waals surface area (Å²) in [6.07, 6.45) is 3.01. The molecule has 2 aliphatic rings. The van der Waals surface area contributed by atoms with Gasteiger partial charge >= 0.3 is 0 Å². The van der Waals surface area contributed by atoms with E-state index >= 15 is 0 Å². The molecular formula is C21H31N3O4S. The highest BCUT2D eigenvalue weighted by atomic mass is 32.2. The highest BCUT2D eigenvalue weighted by molar-refractivity contribution is 7.91. The second-order valence-corrected chi connectivity index (χ2v) is 10.4. The van der Waals surface area contributed by atoms with Crippen molar-refractivity contribution in [2.45, 2.75) is 45.6 Å². The molecule has 2 aliphatic heterocycles. The highest BCUT2D eigenvalue weighted by Crippen LogP contribution is 2.26. The third-order valence-corrected chi connectivity index (χ3v) is 7.67. The Bertz CT molecular complexity index is 861. The maximum Gasteiger partial charge on any atom is 0.251 e. The summed E-state index contributed by atoms with van der Waals surface area (Å²) in [6.45, 7) is 6.02. The van der Waals surface area contributed by atoms with Crippen molar-refractivity contribution < 1.29 is 18.0 Å². The number of piperidine rings is 1. The number of anilines is 1. The maximum absolute atomic E-state index is 12.8. The molecule has 0 radical (unpaired) electrons. The molecule has 0 spiro atoms. The zero-order valence-corrected chi connectivity index (χ0v) is 18.1. The number of carbonyl (C=O) groups excluding carboxylic acids is 2. The number of likely N-dealkylation sites (tertiary alicyclic amines) is 1. The molecule has 2 N–H and O–H groups in total. The molecule has 29 heavy (non-hydrogen) atoms. The minimum absolute atomic E-state index is 0.0297. The summed E-state index contributed by atoms with van der Waals surface area (Å²) in [7, 11) is -2.89. The molecule has 2 amide bonds. The average molecular weight is 422 g/mol. The molecule has 1 unspecified atom stereocenters. The third kappa shape index (κ3) is 5.57. The Morgan fingerprint density at radius 3 is 2.52 bits per heavy atom. The van der Waals surface area contributed by atoms with Crippen LogP contribution in [0.2, 0.25) is 0 Å². The van der Waals surface area contributed by atoms with Gasteiger partial charge in [-0.2, -0.15) is 0 Å². The van der Waals surface area contributed by atoms with Gasteiger partial charge in [-0.05, 0) is 63.4 Å². The molecule has 2 fully saturated rings. The molecule has 1 aromatic rings. The molecule has 160 valence electrons. The van der Waals surface area contributed by atoms with Crippen molar-refractivity contribution in [1.82, 2.24) is 10.2 Å². The van der Waals surface area contributed by atoms with Crippen molar-refractivity contribution in [3.05, 3.63) is 29.3 Å². The van der Waals surface area contributed by atoms with Gasteiger partial charge in [0, 0.05) is 29.8 Å². The fourth-order valence-corrected chi connectivity index (χ4v) is 5.83. The van der Waals surface area contributed by atoms with Gasteiger partial charge in [-0.3, -0.25) is 14.5 Å². The zero-order chi connectivity index (χ0) is 21.0. The number of carbonyl (C=O) groups is 2. The van der Waals surface area contributed by atoms with Crippen molar-refractivity contribution in [2.75, 3.05) is 36.5 Å². The van der Waals surface area contributed by atoms with Gasteiger partial charge in [-0.1, -0.05) is 13.0 Å². The monoisotopic (exact) mass is 421 g/mol. The summed E-state index contributed by atoms with van der Waals surface area (Å²) in [6, 6.07) is 5.45. The number of aryl methyl sites for hydroxylation is 1. The molecule has 0 aliphatic carbocycles. The standard InChI is InChI=1S/C21H31N3O4S/c1-3-9-22-20(25)17-5-4-15(2)19(13-17)23-21(26)16-6-10-24(11-7-16)18-8-12-29(27,28)14-18/h4-5,13,16,18H,3,6-12,14H2,1-2H3,(H,22,25)(H,23,26). The van der Waals surface area contributed by atoms with E-state index in [-0.39, 0.29) is 35.3 Å². The first-order chi connectivity index (χ1) is 13.8. The van der Waals surface area contributed by atoms with Gasteiger partial charge in [-0.15, -0.1) is 0 Å². The molecule has 1 aromatic carbocycles. The van der Waals surface area contributed by atoms with E-state index in [1.807, 2.05) is 19.9 Å². The van der Waals surface area contributed by atoms with E-state index in [1.165, 1.54) is 0 Å². The summed E-state index contributed by atoms with van der Waals surface area (Å²) in [4.78, 5) is 27.2. The third-order valence-electron chi connectivity index (χ3n) is 5.92. The predicted octanol–water partition coefficient (Wildman–Crippen LogP) is 1.97. The Hall–Kier alpha value is -1.93. The minimum atomic E-state index is -2.89. The van der Waals surface area contributed by atoms with E-state index in [1.54, 1.807) is 12.1 Å². The second kappa shape index (κ2) is 9.26. The number of nitrogens with one attached hydrogen (secondary N) is 2. The Morgan fingerprint density at radius 2 is 1.90 bits per heavy atom. The minimum Gasteiger partial charge on any atom is -0.352 e. The number of hydrogen-bond acceptors (Lipinski definition) is 5. The largest absolute Gasteiger partial charge is 0.352 e. The molecule has 3 rings (SSSR count). The number of hydrogen-bond donors (Lipinski definition) is 2. The van der Waals surface area contributed by atoms with Crippen LogP contribution >= 0.6 is 0 Å². The normalized spacial score (nSPS) is 22.3. The van der Waals surface area contributed by atoms with Crippen LogP contribution in [0.3, 0.4) is 0 Å². The van der Waals surface area contributed by atoms with E-state index in [0.717, 1.165) is 37.9 Å². The second-order valence-electron chi connectivity index (χ2n) is 8.14. The zero-order valence-electron chi connectivity index (χ0n) is 17.2. The van der Waals surface area contributed by atoms with Gasteiger partial charge in [0.05, 0.1) is 11.5 Å². The van der Waals surface area contributed by atoms with Crippen LogP contribution in [0.15, 0.2) is 18.2 Å². The summed E-state index contributed by atoms with van der Waals surface area (Å²) in [5.41, 5.74) is 2.12. The SMILES string of the molecule is CCCNC(=O)c1ccc(C)c(NC(=O)C2CCN(C3CCS(=O)(=O)C3)CC2)c1. The fourth-order valence-electron chi connectivity index (χ4n) is 4.06. The molecule has 0 aromatic heterocycles. The fraction of sp³-hybridized carbons (Fsp3) is 0.619. The Morgan fingerprint density at radius 1 is 1.17 bits per heavy atom. The first kappa shape index (κ1) is 21.8. The molecule has 2 saturated heterocycles. The van der Waals surface area contributed by atoms with Gasteiger partial charge in [0.25, 0.3) is 5.91 Å². The Kier molecular flexibility index (Phi) is 6.95. The van der Waals surface area contributed by atoms with Crippen LogP contribution in [0.5, 0.6) is 0 Å². The number of benzene rings is 1. The first-order valence-electron chi connectivity index (χ1n) is 10.4. The van der Waals surface area contributed by atoms with Crippen molar-refractivity contribution in [1.29, 1.82) is 0 Å². The van der Waals surface area contributed by atoms with E-state index in [4.69, 9.17) is 0 Å². The van der Waals surface area contributed by atoms with Crippen molar-refractivity contribution in [2.24, 2.45) is 5.92 Å².